The minimum absolute atomic E-state index is 0.0942. The van der Waals surface area contributed by atoms with Crippen LogP contribution in [0.2, 0.25) is 5.02 Å². The van der Waals surface area contributed by atoms with Crippen molar-refractivity contribution in [1.29, 1.82) is 0 Å². The summed E-state index contributed by atoms with van der Waals surface area (Å²) in [5.41, 5.74) is 8.59. The summed E-state index contributed by atoms with van der Waals surface area (Å²) in [5, 5.41) is 12.0. The van der Waals surface area contributed by atoms with Crippen LogP contribution < -0.4 is 5.73 Å². The van der Waals surface area contributed by atoms with Crippen molar-refractivity contribution in [2.24, 2.45) is 0 Å². The number of anilines is 1. The van der Waals surface area contributed by atoms with E-state index in [1.54, 1.807) is 23.0 Å². The van der Waals surface area contributed by atoms with Crippen molar-refractivity contribution in [1.82, 2.24) is 19.8 Å². The van der Waals surface area contributed by atoms with E-state index < -0.39 is 5.82 Å². The van der Waals surface area contributed by atoms with E-state index in [0.29, 0.717) is 21.8 Å². The summed E-state index contributed by atoms with van der Waals surface area (Å²) < 4.78 is 16.5. The zero-order chi connectivity index (χ0) is 16.8. The summed E-state index contributed by atoms with van der Waals surface area (Å²) in [5.74, 6) is 0.734. The molecular weight excluding hydrogens is 349 g/mol. The molecular formula is C16H13ClFN5S. The van der Waals surface area contributed by atoms with Gasteiger partial charge in [0.1, 0.15) is 5.82 Å². The molecule has 0 spiro atoms. The highest BCUT2D eigenvalue weighted by Gasteiger charge is 2.21. The molecule has 0 saturated carbocycles. The molecule has 24 heavy (non-hydrogen) atoms. The number of hydrogen-bond acceptors (Lipinski definition) is 4. The number of aromatic amines is 1. The molecule has 0 aliphatic heterocycles. The molecule has 0 aliphatic rings. The smallest absolute Gasteiger partial charge is 0.158 e. The van der Waals surface area contributed by atoms with Gasteiger partial charge in [-0.05, 0) is 23.4 Å². The number of fused-ring (bicyclic) bond motifs is 2. The summed E-state index contributed by atoms with van der Waals surface area (Å²) in [6, 6.07) is 5.46. The van der Waals surface area contributed by atoms with Crippen LogP contribution in [0.3, 0.4) is 0 Å². The minimum atomic E-state index is -0.428. The number of nitrogens with two attached hydrogens (primary N) is 1. The molecule has 3 N–H and O–H groups in total. The van der Waals surface area contributed by atoms with E-state index in [2.05, 4.69) is 15.3 Å². The Hall–Kier alpha value is -2.25. The Morgan fingerprint density at radius 2 is 2.25 bits per heavy atom. The molecule has 5 nitrogen and oxygen atoms in total. The van der Waals surface area contributed by atoms with Gasteiger partial charge in [0, 0.05) is 23.2 Å². The first-order chi connectivity index (χ1) is 11.6. The van der Waals surface area contributed by atoms with E-state index in [1.807, 2.05) is 19.1 Å². The highest BCUT2D eigenvalue weighted by atomic mass is 35.5. The Morgan fingerprint density at radius 1 is 1.42 bits per heavy atom. The van der Waals surface area contributed by atoms with Crippen molar-refractivity contribution in [3.63, 3.8) is 0 Å². The minimum Gasteiger partial charge on any atom is -0.382 e. The van der Waals surface area contributed by atoms with Gasteiger partial charge in [-0.1, -0.05) is 18.5 Å². The number of rotatable bonds is 3. The number of hydrogen-bond donors (Lipinski definition) is 2. The van der Waals surface area contributed by atoms with E-state index in [-0.39, 0.29) is 5.02 Å². The molecule has 0 bridgehead atoms. The molecule has 0 fully saturated rings. The van der Waals surface area contributed by atoms with Gasteiger partial charge in [-0.2, -0.15) is 10.2 Å². The first kappa shape index (κ1) is 15.3. The molecule has 0 aliphatic carbocycles. The molecule has 1 aromatic carbocycles. The van der Waals surface area contributed by atoms with Gasteiger partial charge < -0.3 is 5.73 Å². The van der Waals surface area contributed by atoms with Crippen LogP contribution in [0, 0.1) is 5.82 Å². The zero-order valence-electron chi connectivity index (χ0n) is 12.7. The number of thioether (sulfide) groups is 1. The third-order valence-electron chi connectivity index (χ3n) is 3.81. The molecule has 122 valence electrons. The van der Waals surface area contributed by atoms with Crippen molar-refractivity contribution >= 4 is 45.6 Å². The lowest BCUT2D eigenvalue weighted by atomic mass is 10.0. The summed E-state index contributed by atoms with van der Waals surface area (Å²) in [6.07, 6.45) is 3.44. The summed E-state index contributed by atoms with van der Waals surface area (Å²) in [4.78, 5) is 0.494. The highest BCUT2D eigenvalue weighted by Crippen LogP contribution is 2.42. The van der Waals surface area contributed by atoms with Gasteiger partial charge in [0.2, 0.25) is 0 Å². The molecule has 8 heteroatoms. The summed E-state index contributed by atoms with van der Waals surface area (Å²) in [7, 11) is 0. The Labute approximate surface area is 146 Å². The molecule has 0 unspecified atom stereocenters. The van der Waals surface area contributed by atoms with Crippen molar-refractivity contribution in [3.8, 4) is 11.1 Å². The summed E-state index contributed by atoms with van der Waals surface area (Å²) >= 11 is 7.78. The second-order valence-electron chi connectivity index (χ2n) is 5.28. The average Bonchev–Trinajstić information content (AvgIpc) is 3.17. The highest BCUT2D eigenvalue weighted by molar-refractivity contribution is 7.99. The standard InChI is InChI=1S/C16H13ClFN5S/c1-2-24-16-14(18)13(17)12(10-7-20-21-15(10)16)8-3-4-23-9(5-8)6-11(19)22-23/h3-7H,2H2,1H3,(H2,19,22)(H,20,21). The third kappa shape index (κ3) is 2.23. The van der Waals surface area contributed by atoms with Crippen LogP contribution in [0.5, 0.6) is 0 Å². The van der Waals surface area contributed by atoms with Gasteiger partial charge in [0.25, 0.3) is 0 Å². The van der Waals surface area contributed by atoms with E-state index in [0.717, 1.165) is 22.2 Å². The topological polar surface area (TPSA) is 72.0 Å². The van der Waals surface area contributed by atoms with Crippen LogP contribution in [-0.2, 0) is 0 Å². The fourth-order valence-corrected chi connectivity index (χ4v) is 4.00. The predicted octanol–water partition coefficient (Wildman–Crippen LogP) is 4.36. The monoisotopic (exact) mass is 361 g/mol. The van der Waals surface area contributed by atoms with Crippen LogP contribution in [0.25, 0.3) is 27.5 Å². The van der Waals surface area contributed by atoms with Gasteiger partial charge in [-0.25, -0.2) is 8.91 Å². The maximum absolute atomic E-state index is 14.8. The zero-order valence-corrected chi connectivity index (χ0v) is 14.2. The van der Waals surface area contributed by atoms with Crippen molar-refractivity contribution in [2.45, 2.75) is 11.8 Å². The number of nitrogens with one attached hydrogen (secondary N) is 1. The Balaban J connectivity index is 2.03. The van der Waals surface area contributed by atoms with Gasteiger partial charge >= 0.3 is 0 Å². The SMILES string of the molecule is CCSc1c(F)c(Cl)c(-c2ccn3nc(N)cc3c2)c2cn[nH]c12. The molecule has 0 atom stereocenters. The normalized spacial score (nSPS) is 11.6. The van der Waals surface area contributed by atoms with Crippen LogP contribution in [-0.4, -0.2) is 25.6 Å². The van der Waals surface area contributed by atoms with Crippen LogP contribution in [0.15, 0.2) is 35.5 Å². The number of nitrogens with zero attached hydrogens (tertiary/aromatic N) is 3. The lowest BCUT2D eigenvalue weighted by Gasteiger charge is -2.12. The van der Waals surface area contributed by atoms with Gasteiger partial charge in [0.15, 0.2) is 5.82 Å². The van der Waals surface area contributed by atoms with Crippen molar-refractivity contribution in [3.05, 3.63) is 41.4 Å². The van der Waals surface area contributed by atoms with E-state index >= 15 is 0 Å². The number of nitrogen functional groups attached to an aromatic ring is 1. The molecule has 3 aromatic heterocycles. The summed E-state index contributed by atoms with van der Waals surface area (Å²) in [6.45, 7) is 1.96. The van der Waals surface area contributed by atoms with E-state index in [9.17, 15) is 4.39 Å². The number of H-pyrrole nitrogens is 1. The molecule has 0 saturated heterocycles. The van der Waals surface area contributed by atoms with Gasteiger partial charge in [0.05, 0.1) is 27.1 Å². The fourth-order valence-electron chi connectivity index (χ4n) is 2.82. The molecule has 4 rings (SSSR count). The molecule has 0 radical (unpaired) electrons. The Bertz CT molecular complexity index is 1070. The van der Waals surface area contributed by atoms with E-state index in [4.69, 9.17) is 17.3 Å². The first-order valence-corrected chi connectivity index (χ1v) is 8.68. The van der Waals surface area contributed by atoms with Gasteiger partial charge in [-0.3, -0.25) is 5.10 Å². The van der Waals surface area contributed by atoms with Crippen LogP contribution in [0.4, 0.5) is 10.2 Å². The van der Waals surface area contributed by atoms with Crippen molar-refractivity contribution in [2.75, 3.05) is 11.5 Å². The number of aromatic nitrogens is 4. The maximum Gasteiger partial charge on any atom is 0.158 e. The Kier molecular flexibility index (Phi) is 3.62. The molecule has 3 heterocycles. The second kappa shape index (κ2) is 5.68. The second-order valence-corrected chi connectivity index (χ2v) is 6.93. The largest absolute Gasteiger partial charge is 0.382 e. The third-order valence-corrected chi connectivity index (χ3v) is 5.12. The Morgan fingerprint density at radius 3 is 3.04 bits per heavy atom. The lowest BCUT2D eigenvalue weighted by molar-refractivity contribution is 0.606. The van der Waals surface area contributed by atoms with Crippen LogP contribution >= 0.6 is 23.4 Å². The fraction of sp³-hybridized carbons (Fsp3) is 0.125. The van der Waals surface area contributed by atoms with Crippen molar-refractivity contribution < 1.29 is 4.39 Å². The maximum atomic E-state index is 14.8. The number of benzene rings is 1. The molecule has 0 amide bonds. The average molecular weight is 362 g/mol. The first-order valence-electron chi connectivity index (χ1n) is 7.32. The van der Waals surface area contributed by atoms with Gasteiger partial charge in [-0.15, -0.1) is 11.8 Å². The van der Waals surface area contributed by atoms with E-state index in [1.165, 1.54) is 11.8 Å². The quantitative estimate of drug-likeness (QED) is 0.532. The lowest BCUT2D eigenvalue weighted by Crippen LogP contribution is -1.93. The number of halogens is 2. The number of pyridine rings is 1. The molecule has 4 aromatic rings. The predicted molar refractivity (Wildman–Crippen MR) is 96.1 cm³/mol. The van der Waals surface area contributed by atoms with Crippen LogP contribution in [0.1, 0.15) is 6.92 Å².